The normalized spacial score (nSPS) is 14.8. The predicted molar refractivity (Wildman–Crippen MR) is 113 cm³/mol. The van der Waals surface area contributed by atoms with Crippen molar-refractivity contribution in [2.24, 2.45) is 0 Å². The van der Waals surface area contributed by atoms with Crippen molar-refractivity contribution in [2.75, 3.05) is 0 Å². The van der Waals surface area contributed by atoms with Crippen LogP contribution in [0.2, 0.25) is 0 Å². The molecule has 3 heterocycles. The fourth-order valence-corrected chi connectivity index (χ4v) is 5.17. The maximum atomic E-state index is 11.6. The van der Waals surface area contributed by atoms with Crippen molar-refractivity contribution in [2.45, 2.75) is 65.8 Å². The molecule has 0 unspecified atom stereocenters. The third-order valence-corrected chi connectivity index (χ3v) is 6.33. The first-order valence-electron chi connectivity index (χ1n) is 9.72. The first-order valence-corrected chi connectivity index (χ1v) is 10.5. The average molecular weight is 395 g/mol. The van der Waals surface area contributed by atoms with Crippen molar-refractivity contribution in [1.29, 1.82) is 0 Å². The molecule has 0 saturated carbocycles. The van der Waals surface area contributed by atoms with Crippen LogP contribution in [0.5, 0.6) is 0 Å². The molecular weight excluding hydrogens is 368 g/mol. The molecule has 0 spiro atoms. The van der Waals surface area contributed by atoms with Crippen LogP contribution in [0.1, 0.15) is 62.6 Å². The number of thiazole rings is 1. The number of rotatable bonds is 4. The molecule has 3 aromatic heterocycles. The lowest BCUT2D eigenvalue weighted by atomic mass is 9.74. The summed E-state index contributed by atoms with van der Waals surface area (Å²) in [5.41, 5.74) is 6.46. The van der Waals surface area contributed by atoms with Gasteiger partial charge in [-0.2, -0.15) is 5.10 Å². The van der Waals surface area contributed by atoms with Gasteiger partial charge in [0, 0.05) is 35.5 Å². The van der Waals surface area contributed by atoms with Gasteiger partial charge >= 0.3 is 0 Å². The van der Waals surface area contributed by atoms with Gasteiger partial charge in [0.15, 0.2) is 0 Å². The number of aromatic nitrogens is 4. The minimum absolute atomic E-state index is 0.0999. The molecule has 146 valence electrons. The van der Waals surface area contributed by atoms with Crippen molar-refractivity contribution >= 4 is 17.1 Å². The van der Waals surface area contributed by atoms with E-state index in [0.717, 1.165) is 44.6 Å². The zero-order valence-electron chi connectivity index (χ0n) is 17.3. The van der Waals surface area contributed by atoms with Crippen molar-refractivity contribution in [1.82, 2.24) is 19.7 Å². The fourth-order valence-electron chi connectivity index (χ4n) is 3.98. The lowest BCUT2D eigenvalue weighted by Gasteiger charge is -2.30. The molecule has 0 radical (unpaired) electrons. The van der Waals surface area contributed by atoms with Crippen molar-refractivity contribution in [3.05, 3.63) is 40.3 Å². The van der Waals surface area contributed by atoms with Gasteiger partial charge in [-0.25, -0.2) is 4.98 Å². The fraction of sp³-hybridized carbons (Fsp3) is 0.455. The molecule has 28 heavy (non-hydrogen) atoms. The maximum absolute atomic E-state index is 11.6. The molecule has 0 N–H and O–H groups in total. The zero-order valence-corrected chi connectivity index (χ0v) is 18.1. The third kappa shape index (κ3) is 3.09. The van der Waals surface area contributed by atoms with Crippen molar-refractivity contribution < 1.29 is 4.79 Å². The number of carbonyl (C=O) groups is 1. The van der Waals surface area contributed by atoms with Crippen LogP contribution < -0.4 is 0 Å². The maximum Gasteiger partial charge on any atom is 0.136 e. The highest BCUT2D eigenvalue weighted by atomic mass is 32.1. The van der Waals surface area contributed by atoms with Gasteiger partial charge in [0.25, 0.3) is 0 Å². The Labute approximate surface area is 169 Å². The number of aryl methyl sites for hydroxylation is 1. The molecule has 5 nitrogen and oxygen atoms in total. The number of nitrogens with zero attached hydrogens (tertiary/aromatic N) is 4. The van der Waals surface area contributed by atoms with Gasteiger partial charge in [-0.1, -0.05) is 13.8 Å². The zero-order chi connectivity index (χ0) is 20.2. The second-order valence-electron chi connectivity index (χ2n) is 8.62. The van der Waals surface area contributed by atoms with Gasteiger partial charge in [-0.3, -0.25) is 14.5 Å². The molecule has 0 atom stereocenters. The summed E-state index contributed by atoms with van der Waals surface area (Å²) >= 11 is 1.64. The van der Waals surface area contributed by atoms with E-state index in [1.807, 2.05) is 19.2 Å². The summed E-state index contributed by atoms with van der Waals surface area (Å²) in [7, 11) is 0. The van der Waals surface area contributed by atoms with E-state index in [0.29, 0.717) is 6.42 Å². The SMILES string of the molecule is CC(=O)Cc1nc2c(s1)-c1c(c(-c3ccc(C)nc3)nn1C(C)C)C(C)(C)C2. The summed E-state index contributed by atoms with van der Waals surface area (Å²) in [5, 5.41) is 5.94. The van der Waals surface area contributed by atoms with E-state index in [1.165, 1.54) is 5.56 Å². The quantitative estimate of drug-likeness (QED) is 0.630. The third-order valence-electron chi connectivity index (χ3n) is 5.23. The lowest BCUT2D eigenvalue weighted by molar-refractivity contribution is -0.116. The highest BCUT2D eigenvalue weighted by Crippen LogP contribution is 2.49. The minimum atomic E-state index is -0.0999. The highest BCUT2D eigenvalue weighted by Gasteiger charge is 2.40. The molecule has 0 aliphatic heterocycles. The van der Waals surface area contributed by atoms with Crippen LogP contribution in [0.15, 0.2) is 18.3 Å². The van der Waals surface area contributed by atoms with Crippen LogP contribution in [0.3, 0.4) is 0 Å². The Bertz CT molecular complexity index is 1060. The highest BCUT2D eigenvalue weighted by molar-refractivity contribution is 7.15. The Morgan fingerprint density at radius 1 is 1.32 bits per heavy atom. The van der Waals surface area contributed by atoms with Crippen LogP contribution >= 0.6 is 11.3 Å². The molecule has 1 aliphatic carbocycles. The van der Waals surface area contributed by atoms with E-state index in [4.69, 9.17) is 10.1 Å². The second-order valence-corrected chi connectivity index (χ2v) is 9.71. The Morgan fingerprint density at radius 2 is 2.07 bits per heavy atom. The number of hydrogen-bond acceptors (Lipinski definition) is 5. The Balaban J connectivity index is 1.98. The molecule has 6 heteroatoms. The van der Waals surface area contributed by atoms with E-state index in [2.05, 4.69) is 43.4 Å². The standard InChI is InChI=1S/C22H26N4OS/c1-12(2)26-20-18(19(25-26)15-8-7-13(3)23-11-15)22(5,6)10-16-21(20)28-17(24-16)9-14(4)27/h7-8,11-12H,9-10H2,1-6H3. The molecule has 3 aromatic rings. The van der Waals surface area contributed by atoms with Crippen molar-refractivity contribution in [3.8, 4) is 21.8 Å². The summed E-state index contributed by atoms with van der Waals surface area (Å²) in [4.78, 5) is 22.1. The van der Waals surface area contributed by atoms with Gasteiger partial charge in [0.2, 0.25) is 0 Å². The monoisotopic (exact) mass is 394 g/mol. The van der Waals surface area contributed by atoms with E-state index in [9.17, 15) is 4.79 Å². The number of hydrogen-bond donors (Lipinski definition) is 0. The van der Waals surface area contributed by atoms with Gasteiger partial charge in [0.05, 0.1) is 28.4 Å². The smallest absolute Gasteiger partial charge is 0.136 e. The minimum Gasteiger partial charge on any atom is -0.300 e. The second kappa shape index (κ2) is 6.62. The summed E-state index contributed by atoms with van der Waals surface area (Å²) < 4.78 is 2.12. The van der Waals surface area contributed by atoms with Crippen LogP contribution in [0.25, 0.3) is 21.8 Å². The number of ketones is 1. The van der Waals surface area contributed by atoms with Crippen LogP contribution in [-0.2, 0) is 23.1 Å². The van der Waals surface area contributed by atoms with E-state index in [-0.39, 0.29) is 17.2 Å². The van der Waals surface area contributed by atoms with Gasteiger partial charge in [-0.15, -0.1) is 11.3 Å². The summed E-state index contributed by atoms with van der Waals surface area (Å²) in [6, 6.07) is 4.37. The van der Waals surface area contributed by atoms with E-state index >= 15 is 0 Å². The Morgan fingerprint density at radius 3 is 2.68 bits per heavy atom. The molecule has 1 aliphatic rings. The molecule has 0 bridgehead atoms. The van der Waals surface area contributed by atoms with E-state index in [1.54, 1.807) is 18.3 Å². The molecular formula is C22H26N4OS. The molecule has 0 aromatic carbocycles. The number of pyridine rings is 1. The van der Waals surface area contributed by atoms with Gasteiger partial charge in [0.1, 0.15) is 10.8 Å². The predicted octanol–water partition coefficient (Wildman–Crippen LogP) is 4.92. The Kier molecular flexibility index (Phi) is 4.49. The Hall–Kier alpha value is -2.34. The summed E-state index contributed by atoms with van der Waals surface area (Å²) in [6.45, 7) is 12.5. The summed E-state index contributed by atoms with van der Waals surface area (Å²) in [6.07, 6.45) is 3.17. The van der Waals surface area contributed by atoms with E-state index < -0.39 is 0 Å². The van der Waals surface area contributed by atoms with Crippen LogP contribution in [-0.4, -0.2) is 25.5 Å². The van der Waals surface area contributed by atoms with Gasteiger partial charge in [-0.05, 0) is 45.2 Å². The number of Topliss-reactive ketones (excluding diaryl/α,β-unsaturated/α-hetero) is 1. The van der Waals surface area contributed by atoms with Gasteiger partial charge < -0.3 is 0 Å². The lowest BCUT2D eigenvalue weighted by Crippen LogP contribution is -2.26. The largest absolute Gasteiger partial charge is 0.300 e. The number of carbonyl (C=O) groups excluding carboxylic acids is 1. The van der Waals surface area contributed by atoms with Crippen LogP contribution in [0, 0.1) is 6.92 Å². The van der Waals surface area contributed by atoms with Crippen LogP contribution in [0.4, 0.5) is 0 Å². The molecule has 4 rings (SSSR count). The first kappa shape index (κ1) is 19.0. The molecule has 0 saturated heterocycles. The van der Waals surface area contributed by atoms with Crippen molar-refractivity contribution in [3.63, 3.8) is 0 Å². The number of fused-ring (bicyclic) bond motifs is 3. The first-order chi connectivity index (χ1) is 13.2. The summed E-state index contributed by atoms with van der Waals surface area (Å²) in [5.74, 6) is 0.148. The topological polar surface area (TPSA) is 60.7 Å². The molecule has 0 fully saturated rings. The molecule has 0 amide bonds. The average Bonchev–Trinajstić information content (AvgIpc) is 3.16.